The van der Waals surface area contributed by atoms with Crippen LogP contribution < -0.4 is 0 Å². The van der Waals surface area contributed by atoms with E-state index in [1.807, 2.05) is 0 Å². The fraction of sp³-hybridized carbons (Fsp3) is 0.571. The first-order valence-corrected chi connectivity index (χ1v) is 6.73. The molecule has 0 fully saturated rings. The first-order valence-electron chi connectivity index (χ1n) is 6.73. The van der Waals surface area contributed by atoms with E-state index in [1.165, 1.54) is 9.58 Å². The maximum absolute atomic E-state index is 12.2. The quantitative estimate of drug-likeness (QED) is 0.772. The first kappa shape index (κ1) is 15.2. The molecule has 1 atom stereocenters. The Morgan fingerprint density at radius 1 is 1.38 bits per heavy atom. The number of fused-ring (bicyclic) bond motifs is 1. The number of aldehydes is 2. The molecule has 0 saturated heterocycles. The van der Waals surface area contributed by atoms with Gasteiger partial charge < -0.3 is 9.53 Å². The van der Waals surface area contributed by atoms with Crippen molar-refractivity contribution in [3.05, 3.63) is 17.0 Å². The van der Waals surface area contributed by atoms with E-state index in [-0.39, 0.29) is 13.1 Å². The number of nitrogens with zero attached hydrogens (tertiary/aromatic N) is 3. The monoisotopic (exact) mass is 293 g/mol. The Morgan fingerprint density at radius 3 is 2.57 bits per heavy atom. The third-order valence-corrected chi connectivity index (χ3v) is 3.22. The van der Waals surface area contributed by atoms with E-state index < -0.39 is 17.7 Å². The molecule has 114 valence electrons. The van der Waals surface area contributed by atoms with E-state index in [4.69, 9.17) is 4.74 Å². The largest absolute Gasteiger partial charge is 0.444 e. The molecule has 0 bridgehead atoms. The fourth-order valence-electron chi connectivity index (χ4n) is 2.31. The highest BCUT2D eigenvalue weighted by Gasteiger charge is 2.33. The maximum Gasteiger partial charge on any atom is 0.410 e. The lowest BCUT2D eigenvalue weighted by atomic mass is 10.1. The Hall–Kier alpha value is -2.18. The number of amides is 1. The van der Waals surface area contributed by atoms with Gasteiger partial charge >= 0.3 is 6.09 Å². The Bertz CT molecular complexity index is 586. The fourth-order valence-corrected chi connectivity index (χ4v) is 2.31. The van der Waals surface area contributed by atoms with Crippen LogP contribution >= 0.6 is 0 Å². The SMILES string of the molecule is Cc1nn2c(c1C=O)CN(C(=O)OC(C)(C)C)CC2C=O. The van der Waals surface area contributed by atoms with Crippen molar-refractivity contribution in [3.63, 3.8) is 0 Å². The summed E-state index contributed by atoms with van der Waals surface area (Å²) in [6.07, 6.45) is 0.923. The van der Waals surface area contributed by atoms with Gasteiger partial charge in [0.25, 0.3) is 0 Å². The van der Waals surface area contributed by atoms with E-state index >= 15 is 0 Å². The molecule has 21 heavy (non-hydrogen) atoms. The summed E-state index contributed by atoms with van der Waals surface area (Å²) in [6, 6.07) is -0.603. The minimum absolute atomic E-state index is 0.185. The van der Waals surface area contributed by atoms with Crippen LogP contribution in [0, 0.1) is 6.92 Å². The molecule has 7 nitrogen and oxygen atoms in total. The molecule has 1 aliphatic heterocycles. The lowest BCUT2D eigenvalue weighted by molar-refractivity contribution is -0.111. The molecule has 0 aromatic carbocycles. The zero-order valence-corrected chi connectivity index (χ0v) is 12.6. The highest BCUT2D eigenvalue weighted by molar-refractivity contribution is 5.79. The van der Waals surface area contributed by atoms with Crippen LogP contribution in [0.1, 0.15) is 48.6 Å². The van der Waals surface area contributed by atoms with Crippen molar-refractivity contribution in [2.75, 3.05) is 6.54 Å². The molecule has 0 spiro atoms. The molecule has 7 heteroatoms. The molecule has 1 aromatic rings. The van der Waals surface area contributed by atoms with Gasteiger partial charge in [-0.3, -0.25) is 14.4 Å². The number of rotatable bonds is 2. The van der Waals surface area contributed by atoms with Crippen LogP contribution in [0.3, 0.4) is 0 Å². The Labute approximate surface area is 122 Å². The van der Waals surface area contributed by atoms with Gasteiger partial charge in [-0.05, 0) is 27.7 Å². The molecular weight excluding hydrogens is 274 g/mol. The van der Waals surface area contributed by atoms with Crippen LogP contribution in [-0.2, 0) is 16.1 Å². The Balaban J connectivity index is 2.33. The summed E-state index contributed by atoms with van der Waals surface area (Å²) in [6.45, 7) is 7.42. The van der Waals surface area contributed by atoms with E-state index in [1.54, 1.807) is 27.7 Å². The average molecular weight is 293 g/mol. The molecule has 0 saturated carbocycles. The van der Waals surface area contributed by atoms with Crippen LogP contribution in [0.5, 0.6) is 0 Å². The van der Waals surface area contributed by atoms with Crippen LogP contribution in [0.15, 0.2) is 0 Å². The Kier molecular flexibility index (Phi) is 3.85. The third-order valence-electron chi connectivity index (χ3n) is 3.22. The minimum atomic E-state index is -0.616. The average Bonchev–Trinajstić information content (AvgIpc) is 2.70. The number of ether oxygens (including phenoxy) is 1. The summed E-state index contributed by atoms with van der Waals surface area (Å²) >= 11 is 0. The number of hydrogen-bond donors (Lipinski definition) is 0. The van der Waals surface area contributed by atoms with Crippen molar-refractivity contribution >= 4 is 18.7 Å². The van der Waals surface area contributed by atoms with E-state index in [0.29, 0.717) is 23.2 Å². The van der Waals surface area contributed by atoms with Gasteiger partial charge in [0.15, 0.2) is 6.29 Å². The first-order chi connectivity index (χ1) is 9.76. The lowest BCUT2D eigenvalue weighted by Gasteiger charge is -2.33. The molecule has 1 amide bonds. The second-order valence-corrected chi connectivity index (χ2v) is 6.07. The number of carbonyl (C=O) groups is 3. The van der Waals surface area contributed by atoms with Crippen LogP contribution in [-0.4, -0.2) is 45.5 Å². The molecule has 0 aliphatic carbocycles. The number of aromatic nitrogens is 2. The number of carbonyl (C=O) groups excluding carboxylic acids is 3. The minimum Gasteiger partial charge on any atom is -0.444 e. The van der Waals surface area contributed by atoms with Crippen molar-refractivity contribution < 1.29 is 19.1 Å². The summed E-state index contributed by atoms with van der Waals surface area (Å²) in [5.74, 6) is 0. The van der Waals surface area contributed by atoms with E-state index in [0.717, 1.165) is 6.29 Å². The maximum atomic E-state index is 12.2. The van der Waals surface area contributed by atoms with Crippen molar-refractivity contribution in [1.29, 1.82) is 0 Å². The summed E-state index contributed by atoms with van der Waals surface area (Å²) < 4.78 is 6.84. The van der Waals surface area contributed by atoms with Crippen molar-refractivity contribution in [2.45, 2.75) is 45.9 Å². The predicted molar refractivity (Wildman–Crippen MR) is 74.1 cm³/mol. The summed E-state index contributed by atoms with van der Waals surface area (Å²) in [7, 11) is 0. The van der Waals surface area contributed by atoms with Crippen molar-refractivity contribution in [1.82, 2.24) is 14.7 Å². The third kappa shape index (κ3) is 2.96. The van der Waals surface area contributed by atoms with Gasteiger partial charge in [0, 0.05) is 0 Å². The number of aryl methyl sites for hydroxylation is 1. The number of hydrogen-bond acceptors (Lipinski definition) is 5. The Morgan fingerprint density at radius 2 is 2.05 bits per heavy atom. The zero-order valence-electron chi connectivity index (χ0n) is 12.6. The van der Waals surface area contributed by atoms with E-state index in [9.17, 15) is 14.4 Å². The molecule has 2 rings (SSSR count). The van der Waals surface area contributed by atoms with Gasteiger partial charge in [-0.1, -0.05) is 0 Å². The topological polar surface area (TPSA) is 81.5 Å². The molecule has 1 unspecified atom stereocenters. The van der Waals surface area contributed by atoms with Gasteiger partial charge in [-0.25, -0.2) is 4.79 Å². The van der Waals surface area contributed by atoms with Gasteiger partial charge in [-0.15, -0.1) is 0 Å². The lowest BCUT2D eigenvalue weighted by Crippen LogP contribution is -2.44. The standard InChI is InChI=1S/C14H19N3O4/c1-9-11(8-19)12-6-16(13(20)21-14(2,3)4)5-10(7-18)17(12)15-9/h7-8,10H,5-6H2,1-4H3. The van der Waals surface area contributed by atoms with Gasteiger partial charge in [0.1, 0.15) is 17.9 Å². The van der Waals surface area contributed by atoms with Gasteiger partial charge in [0.05, 0.1) is 30.0 Å². The van der Waals surface area contributed by atoms with Crippen LogP contribution in [0.2, 0.25) is 0 Å². The normalized spacial score (nSPS) is 18.1. The van der Waals surface area contributed by atoms with E-state index in [2.05, 4.69) is 5.10 Å². The van der Waals surface area contributed by atoms with Gasteiger partial charge in [0.2, 0.25) is 0 Å². The van der Waals surface area contributed by atoms with Crippen molar-refractivity contribution in [2.24, 2.45) is 0 Å². The molecular formula is C14H19N3O4. The molecule has 1 aromatic heterocycles. The van der Waals surface area contributed by atoms with Gasteiger partial charge in [-0.2, -0.15) is 5.10 Å². The predicted octanol–water partition coefficient (Wildman–Crippen LogP) is 1.49. The smallest absolute Gasteiger partial charge is 0.410 e. The summed E-state index contributed by atoms with van der Waals surface area (Å²) in [5, 5.41) is 4.22. The summed E-state index contributed by atoms with van der Waals surface area (Å²) in [4.78, 5) is 36.0. The van der Waals surface area contributed by atoms with Crippen LogP contribution in [0.4, 0.5) is 4.79 Å². The highest BCUT2D eigenvalue weighted by Crippen LogP contribution is 2.25. The highest BCUT2D eigenvalue weighted by atomic mass is 16.6. The zero-order chi connectivity index (χ0) is 15.8. The summed E-state index contributed by atoms with van der Waals surface area (Å²) in [5.41, 5.74) is 0.930. The molecule has 0 radical (unpaired) electrons. The second-order valence-electron chi connectivity index (χ2n) is 6.07. The molecule has 0 N–H and O–H groups in total. The van der Waals surface area contributed by atoms with Crippen LogP contribution in [0.25, 0.3) is 0 Å². The second kappa shape index (κ2) is 5.31. The molecule has 2 heterocycles. The molecule has 1 aliphatic rings. The van der Waals surface area contributed by atoms with Crippen molar-refractivity contribution in [3.8, 4) is 0 Å².